The van der Waals surface area contributed by atoms with Gasteiger partial charge in [0.15, 0.2) is 5.96 Å². The highest BCUT2D eigenvalue weighted by Crippen LogP contribution is 2.23. The van der Waals surface area contributed by atoms with E-state index in [4.69, 9.17) is 0 Å². The van der Waals surface area contributed by atoms with Crippen LogP contribution < -0.4 is 10.6 Å². The molecule has 0 unspecified atom stereocenters. The minimum atomic E-state index is -3.38. The van der Waals surface area contributed by atoms with Gasteiger partial charge >= 0.3 is 0 Å². The third-order valence-electron chi connectivity index (χ3n) is 5.12. The molecule has 2 heterocycles. The van der Waals surface area contributed by atoms with Crippen molar-refractivity contribution in [2.75, 3.05) is 26.7 Å². The standard InChI is InChI=1S/C20H28N4O2S2.HI/c1-16-10-13-27-19(16)15-23-20(21-2)22-14-17-8-11-24(12-9-17)28(25,26)18-6-4-3-5-7-18;/h3-7,10,13,17H,8-9,11-12,14-15H2,1-2H3,(H2,21,22,23);1H. The maximum Gasteiger partial charge on any atom is 0.243 e. The number of halogens is 1. The van der Waals surface area contributed by atoms with Gasteiger partial charge in [0.2, 0.25) is 10.0 Å². The van der Waals surface area contributed by atoms with Crippen molar-refractivity contribution in [3.63, 3.8) is 0 Å². The number of nitrogens with zero attached hydrogens (tertiary/aromatic N) is 2. The summed E-state index contributed by atoms with van der Waals surface area (Å²) in [5, 5.41) is 8.83. The van der Waals surface area contributed by atoms with Crippen LogP contribution in [0.3, 0.4) is 0 Å². The molecule has 0 bridgehead atoms. The van der Waals surface area contributed by atoms with Gasteiger partial charge in [0.05, 0.1) is 11.4 Å². The highest BCUT2D eigenvalue weighted by molar-refractivity contribution is 14.0. The molecule has 0 amide bonds. The lowest BCUT2D eigenvalue weighted by molar-refractivity contribution is 0.273. The van der Waals surface area contributed by atoms with Gasteiger partial charge < -0.3 is 10.6 Å². The fraction of sp³-hybridized carbons (Fsp3) is 0.450. The van der Waals surface area contributed by atoms with Crippen LogP contribution in [0.4, 0.5) is 0 Å². The third kappa shape index (κ3) is 6.40. The fourth-order valence-corrected chi connectivity index (χ4v) is 5.64. The average Bonchev–Trinajstić information content (AvgIpc) is 3.14. The monoisotopic (exact) mass is 548 g/mol. The Morgan fingerprint density at radius 2 is 1.86 bits per heavy atom. The van der Waals surface area contributed by atoms with Gasteiger partial charge in [0.25, 0.3) is 0 Å². The lowest BCUT2D eigenvalue weighted by Crippen LogP contribution is -2.44. The Kier molecular flexibility index (Phi) is 9.38. The Labute approximate surface area is 194 Å². The van der Waals surface area contributed by atoms with Crippen molar-refractivity contribution in [3.05, 3.63) is 52.2 Å². The van der Waals surface area contributed by atoms with Crippen LogP contribution in [-0.2, 0) is 16.6 Å². The highest BCUT2D eigenvalue weighted by Gasteiger charge is 2.29. The number of aryl methyl sites for hydroxylation is 1. The van der Waals surface area contributed by atoms with Crippen LogP contribution in [0.5, 0.6) is 0 Å². The predicted octanol–water partition coefficient (Wildman–Crippen LogP) is 3.44. The SMILES string of the molecule is CN=C(NCc1sccc1C)NCC1CCN(S(=O)(=O)c2ccccc2)CC1.I. The van der Waals surface area contributed by atoms with E-state index >= 15 is 0 Å². The number of rotatable bonds is 6. The van der Waals surface area contributed by atoms with E-state index in [-0.39, 0.29) is 24.0 Å². The van der Waals surface area contributed by atoms with Gasteiger partial charge in [-0.05, 0) is 54.8 Å². The Morgan fingerprint density at radius 3 is 2.45 bits per heavy atom. The Bertz CT molecular complexity index is 892. The summed E-state index contributed by atoms with van der Waals surface area (Å²) < 4.78 is 27.0. The number of piperidine rings is 1. The molecule has 6 nitrogen and oxygen atoms in total. The molecule has 1 aromatic heterocycles. The van der Waals surface area contributed by atoms with E-state index in [0.717, 1.165) is 31.9 Å². The molecule has 160 valence electrons. The number of thiophene rings is 1. The molecule has 1 fully saturated rings. The summed E-state index contributed by atoms with van der Waals surface area (Å²) in [4.78, 5) is 5.97. The van der Waals surface area contributed by atoms with Crippen LogP contribution in [-0.4, -0.2) is 45.4 Å². The van der Waals surface area contributed by atoms with Gasteiger partial charge in [-0.3, -0.25) is 4.99 Å². The van der Waals surface area contributed by atoms with Crippen LogP contribution in [0.2, 0.25) is 0 Å². The van der Waals surface area contributed by atoms with Crippen LogP contribution >= 0.6 is 35.3 Å². The predicted molar refractivity (Wildman–Crippen MR) is 131 cm³/mol. The largest absolute Gasteiger partial charge is 0.356 e. The van der Waals surface area contributed by atoms with E-state index in [9.17, 15) is 8.42 Å². The Balaban J connectivity index is 0.00000300. The molecule has 1 aliphatic rings. The molecule has 0 saturated carbocycles. The Morgan fingerprint density at radius 1 is 1.17 bits per heavy atom. The smallest absolute Gasteiger partial charge is 0.243 e. The molecule has 0 aliphatic carbocycles. The number of hydrogen-bond acceptors (Lipinski definition) is 4. The molecular weight excluding hydrogens is 519 g/mol. The van der Waals surface area contributed by atoms with Crippen molar-refractivity contribution in [1.82, 2.24) is 14.9 Å². The van der Waals surface area contributed by atoms with Gasteiger partial charge in [-0.25, -0.2) is 8.42 Å². The van der Waals surface area contributed by atoms with Crippen molar-refractivity contribution < 1.29 is 8.42 Å². The second-order valence-electron chi connectivity index (χ2n) is 6.99. The number of sulfonamides is 1. The van der Waals surface area contributed by atoms with Gasteiger partial charge in [-0.1, -0.05) is 18.2 Å². The summed E-state index contributed by atoms with van der Waals surface area (Å²) in [5.74, 6) is 1.22. The van der Waals surface area contributed by atoms with Crippen LogP contribution in [0.25, 0.3) is 0 Å². The normalized spacial score (nSPS) is 16.3. The first kappa shape index (κ1) is 24.1. The van der Waals surface area contributed by atoms with E-state index in [0.29, 0.717) is 23.9 Å². The van der Waals surface area contributed by atoms with Gasteiger partial charge in [-0.15, -0.1) is 35.3 Å². The number of benzene rings is 1. The molecule has 9 heteroatoms. The lowest BCUT2D eigenvalue weighted by atomic mass is 9.98. The van der Waals surface area contributed by atoms with Crippen molar-refractivity contribution in [3.8, 4) is 0 Å². The van der Waals surface area contributed by atoms with E-state index in [1.54, 1.807) is 47.0 Å². The topological polar surface area (TPSA) is 73.8 Å². The number of aliphatic imine (C=N–C) groups is 1. The molecule has 29 heavy (non-hydrogen) atoms. The molecule has 0 atom stereocenters. The number of hydrogen-bond donors (Lipinski definition) is 2. The van der Waals surface area contributed by atoms with E-state index in [2.05, 4.69) is 34.0 Å². The van der Waals surface area contributed by atoms with Gasteiger partial charge in [0, 0.05) is 31.6 Å². The molecule has 1 aliphatic heterocycles. The lowest BCUT2D eigenvalue weighted by Gasteiger charge is -2.31. The van der Waals surface area contributed by atoms with Crippen molar-refractivity contribution in [2.45, 2.75) is 31.2 Å². The van der Waals surface area contributed by atoms with Crippen molar-refractivity contribution >= 4 is 51.3 Å². The molecule has 0 spiro atoms. The minimum absolute atomic E-state index is 0. The first-order valence-electron chi connectivity index (χ1n) is 9.53. The van der Waals surface area contributed by atoms with Crippen LogP contribution in [0.1, 0.15) is 23.3 Å². The Hall–Kier alpha value is -1.17. The van der Waals surface area contributed by atoms with Crippen molar-refractivity contribution in [1.29, 1.82) is 0 Å². The summed E-state index contributed by atoms with van der Waals surface area (Å²) in [6.07, 6.45) is 1.69. The molecule has 3 rings (SSSR count). The quantitative estimate of drug-likeness (QED) is 0.330. The number of nitrogens with one attached hydrogen (secondary N) is 2. The summed E-state index contributed by atoms with van der Waals surface area (Å²) in [7, 11) is -1.61. The molecule has 1 aromatic carbocycles. The first-order chi connectivity index (χ1) is 13.5. The third-order valence-corrected chi connectivity index (χ3v) is 8.06. The zero-order chi connectivity index (χ0) is 20.0. The molecular formula is C20H29IN4O2S2. The maximum absolute atomic E-state index is 12.7. The van der Waals surface area contributed by atoms with E-state index < -0.39 is 10.0 Å². The van der Waals surface area contributed by atoms with Crippen LogP contribution in [0, 0.1) is 12.8 Å². The summed E-state index contributed by atoms with van der Waals surface area (Å²) in [6, 6.07) is 10.8. The second kappa shape index (κ2) is 11.3. The van der Waals surface area contributed by atoms with Gasteiger partial charge in [0.1, 0.15) is 0 Å². The fourth-order valence-electron chi connectivity index (χ4n) is 3.31. The van der Waals surface area contributed by atoms with Crippen LogP contribution in [0.15, 0.2) is 51.7 Å². The molecule has 2 aromatic rings. The van der Waals surface area contributed by atoms with Gasteiger partial charge in [-0.2, -0.15) is 4.31 Å². The zero-order valence-electron chi connectivity index (χ0n) is 16.8. The highest BCUT2D eigenvalue weighted by atomic mass is 127. The summed E-state index contributed by atoms with van der Waals surface area (Å²) >= 11 is 1.74. The summed E-state index contributed by atoms with van der Waals surface area (Å²) in [5.41, 5.74) is 1.29. The van der Waals surface area contributed by atoms with E-state index in [1.165, 1.54) is 10.4 Å². The van der Waals surface area contributed by atoms with E-state index in [1.807, 2.05) is 6.07 Å². The number of guanidine groups is 1. The first-order valence-corrected chi connectivity index (χ1v) is 11.9. The average molecular weight is 549 g/mol. The molecule has 2 N–H and O–H groups in total. The van der Waals surface area contributed by atoms with Crippen molar-refractivity contribution in [2.24, 2.45) is 10.9 Å². The zero-order valence-corrected chi connectivity index (χ0v) is 20.8. The molecule has 0 radical (unpaired) electrons. The molecule has 1 saturated heterocycles. The summed E-state index contributed by atoms with van der Waals surface area (Å²) in [6.45, 7) is 4.79. The maximum atomic E-state index is 12.7. The minimum Gasteiger partial charge on any atom is -0.356 e. The second-order valence-corrected chi connectivity index (χ2v) is 9.93.